The standard InChI is InChI=1S/C43H84NO10P/c1-3-5-7-9-11-13-15-17-19-21-23-25-27-29-31-33-35-42(46)54-39(37-52-55(49,50)53-38-40(44)43(47)48)36-51-41(45)34-32-30-28-26-24-22-20-18-16-14-12-10-8-6-4-2/h39-40H,3-38,44H2,1-2H3,(H,47,48)(H,49,50)/t39-,40+/m1/s1. The second-order valence-corrected chi connectivity index (χ2v) is 17.0. The molecule has 1 unspecified atom stereocenters. The highest BCUT2D eigenvalue weighted by atomic mass is 31.2. The Morgan fingerprint density at radius 1 is 0.491 bits per heavy atom. The smallest absolute Gasteiger partial charge is 0.472 e. The van der Waals surface area contributed by atoms with Crippen LogP contribution in [0.2, 0.25) is 0 Å². The van der Waals surface area contributed by atoms with Crippen molar-refractivity contribution < 1.29 is 47.5 Å². The summed E-state index contributed by atoms with van der Waals surface area (Å²) in [6, 6.07) is -1.52. The van der Waals surface area contributed by atoms with Crippen LogP contribution < -0.4 is 5.73 Å². The van der Waals surface area contributed by atoms with Crippen LogP contribution in [0.5, 0.6) is 0 Å². The van der Waals surface area contributed by atoms with Gasteiger partial charge in [-0.1, -0.05) is 200 Å². The van der Waals surface area contributed by atoms with Gasteiger partial charge in [0.15, 0.2) is 6.10 Å². The second kappa shape index (κ2) is 39.3. The van der Waals surface area contributed by atoms with Gasteiger partial charge in [0.1, 0.15) is 12.6 Å². The van der Waals surface area contributed by atoms with E-state index in [1.54, 1.807) is 0 Å². The van der Waals surface area contributed by atoms with E-state index in [2.05, 4.69) is 18.4 Å². The van der Waals surface area contributed by atoms with Gasteiger partial charge in [-0.15, -0.1) is 0 Å². The Balaban J connectivity index is 4.29. The lowest BCUT2D eigenvalue weighted by Gasteiger charge is -2.20. The largest absolute Gasteiger partial charge is 0.480 e. The predicted octanol–water partition coefficient (Wildman–Crippen LogP) is 11.9. The molecule has 11 nitrogen and oxygen atoms in total. The Kier molecular flexibility index (Phi) is 38.2. The van der Waals surface area contributed by atoms with Crippen molar-refractivity contribution in [3.8, 4) is 0 Å². The van der Waals surface area contributed by atoms with Gasteiger partial charge in [-0.2, -0.15) is 0 Å². The minimum Gasteiger partial charge on any atom is -0.480 e. The van der Waals surface area contributed by atoms with Crippen LogP contribution in [0.3, 0.4) is 0 Å². The van der Waals surface area contributed by atoms with Crippen LogP contribution in [-0.2, 0) is 37.5 Å². The fourth-order valence-electron chi connectivity index (χ4n) is 6.54. The van der Waals surface area contributed by atoms with Gasteiger partial charge in [-0.25, -0.2) is 4.57 Å². The first-order chi connectivity index (χ1) is 26.6. The van der Waals surface area contributed by atoms with Gasteiger partial charge in [-0.05, 0) is 12.8 Å². The third-order valence-electron chi connectivity index (χ3n) is 10.1. The van der Waals surface area contributed by atoms with Crippen molar-refractivity contribution in [2.24, 2.45) is 5.73 Å². The van der Waals surface area contributed by atoms with E-state index in [0.29, 0.717) is 12.8 Å². The molecule has 0 aromatic heterocycles. The van der Waals surface area contributed by atoms with Crippen LogP contribution in [-0.4, -0.2) is 59.9 Å². The molecular formula is C43H84NO10P. The van der Waals surface area contributed by atoms with Gasteiger partial charge in [-0.3, -0.25) is 23.4 Å². The molecule has 0 rings (SSSR count). The number of ether oxygens (including phenoxy) is 2. The molecule has 3 atom stereocenters. The molecule has 4 N–H and O–H groups in total. The molecular weight excluding hydrogens is 721 g/mol. The molecule has 0 aliphatic heterocycles. The Bertz CT molecular complexity index is 952. The topological polar surface area (TPSA) is 172 Å². The monoisotopic (exact) mass is 806 g/mol. The van der Waals surface area contributed by atoms with Crippen LogP contribution in [0.1, 0.15) is 226 Å². The first-order valence-corrected chi connectivity index (χ1v) is 24.1. The summed E-state index contributed by atoms with van der Waals surface area (Å²) >= 11 is 0. The number of carboxylic acid groups (broad SMARTS) is 1. The summed E-state index contributed by atoms with van der Waals surface area (Å²) < 4.78 is 32.7. The molecule has 0 fully saturated rings. The van der Waals surface area contributed by atoms with E-state index < -0.39 is 51.1 Å². The first-order valence-electron chi connectivity index (χ1n) is 22.6. The third-order valence-corrected chi connectivity index (χ3v) is 11.1. The lowest BCUT2D eigenvalue weighted by molar-refractivity contribution is -0.161. The second-order valence-electron chi connectivity index (χ2n) is 15.6. The van der Waals surface area contributed by atoms with Gasteiger partial charge >= 0.3 is 25.7 Å². The normalized spacial score (nSPS) is 13.7. The molecule has 0 heterocycles. The number of nitrogens with two attached hydrogens (primary N) is 1. The van der Waals surface area contributed by atoms with Crippen LogP contribution in [0.4, 0.5) is 0 Å². The Labute approximate surface area is 335 Å². The molecule has 0 saturated carbocycles. The number of phosphoric acid groups is 1. The summed E-state index contributed by atoms with van der Waals surface area (Å²) in [7, 11) is -4.71. The molecule has 0 aromatic rings. The average molecular weight is 806 g/mol. The molecule has 0 bridgehead atoms. The number of esters is 2. The summed E-state index contributed by atoms with van der Waals surface area (Å²) in [5.41, 5.74) is 5.34. The van der Waals surface area contributed by atoms with E-state index in [1.807, 2.05) is 0 Å². The van der Waals surface area contributed by atoms with Crippen molar-refractivity contribution in [3.05, 3.63) is 0 Å². The Hall–Kier alpha value is -1.52. The average Bonchev–Trinajstić information content (AvgIpc) is 3.16. The SMILES string of the molecule is CCCCCCCCCCCCCCCCCCC(=O)O[C@H](COC(=O)CCCCCCCCCCCCCCCCC)COP(=O)(O)OC[C@H](N)C(=O)O. The highest BCUT2D eigenvalue weighted by Gasteiger charge is 2.28. The predicted molar refractivity (Wildman–Crippen MR) is 222 cm³/mol. The summed E-state index contributed by atoms with van der Waals surface area (Å²) in [6.45, 7) is 2.84. The van der Waals surface area contributed by atoms with E-state index in [4.69, 9.17) is 24.8 Å². The number of aliphatic carboxylic acids is 1. The van der Waals surface area contributed by atoms with Crippen molar-refractivity contribution >= 4 is 25.7 Å². The number of phosphoric ester groups is 1. The van der Waals surface area contributed by atoms with Crippen LogP contribution in [0.25, 0.3) is 0 Å². The van der Waals surface area contributed by atoms with Gasteiger partial charge in [0.2, 0.25) is 0 Å². The van der Waals surface area contributed by atoms with Gasteiger partial charge in [0.25, 0.3) is 0 Å². The molecule has 0 aliphatic carbocycles. The minimum absolute atomic E-state index is 0.169. The maximum Gasteiger partial charge on any atom is 0.472 e. The zero-order valence-electron chi connectivity index (χ0n) is 35.3. The number of carboxylic acids is 1. The lowest BCUT2D eigenvalue weighted by Crippen LogP contribution is -2.34. The quantitative estimate of drug-likeness (QED) is 0.0304. The Morgan fingerprint density at radius 3 is 1.15 bits per heavy atom. The molecule has 12 heteroatoms. The first kappa shape index (κ1) is 53.5. The number of unbranched alkanes of at least 4 members (excludes halogenated alkanes) is 29. The van der Waals surface area contributed by atoms with Gasteiger partial charge in [0.05, 0.1) is 13.2 Å². The van der Waals surface area contributed by atoms with E-state index >= 15 is 0 Å². The zero-order valence-corrected chi connectivity index (χ0v) is 36.2. The van der Waals surface area contributed by atoms with Crippen LogP contribution >= 0.6 is 7.82 Å². The summed E-state index contributed by atoms with van der Waals surface area (Å²) in [6.07, 6.45) is 37.3. The van der Waals surface area contributed by atoms with Crippen molar-refractivity contribution in [2.45, 2.75) is 238 Å². The highest BCUT2D eigenvalue weighted by Crippen LogP contribution is 2.43. The van der Waals surface area contributed by atoms with E-state index in [9.17, 15) is 23.8 Å². The van der Waals surface area contributed by atoms with Crippen molar-refractivity contribution in [2.75, 3.05) is 19.8 Å². The van der Waals surface area contributed by atoms with Crippen molar-refractivity contribution in [1.82, 2.24) is 0 Å². The van der Waals surface area contributed by atoms with Crippen LogP contribution in [0.15, 0.2) is 0 Å². The van der Waals surface area contributed by atoms with E-state index in [-0.39, 0.29) is 19.4 Å². The van der Waals surface area contributed by atoms with Crippen molar-refractivity contribution in [3.63, 3.8) is 0 Å². The molecule has 0 saturated heterocycles. The zero-order chi connectivity index (χ0) is 40.7. The fourth-order valence-corrected chi connectivity index (χ4v) is 7.32. The summed E-state index contributed by atoms with van der Waals surface area (Å²) in [5.74, 6) is -2.36. The third kappa shape index (κ3) is 39.1. The number of hydrogen-bond acceptors (Lipinski definition) is 9. The summed E-state index contributed by atoms with van der Waals surface area (Å²) in [5, 5.41) is 8.89. The number of rotatable bonds is 43. The fraction of sp³-hybridized carbons (Fsp3) is 0.930. The van der Waals surface area contributed by atoms with Gasteiger partial charge < -0.3 is 25.2 Å². The lowest BCUT2D eigenvalue weighted by atomic mass is 10.0. The minimum atomic E-state index is -4.71. The molecule has 0 aliphatic rings. The molecule has 55 heavy (non-hydrogen) atoms. The van der Waals surface area contributed by atoms with E-state index in [1.165, 1.54) is 148 Å². The number of hydrogen-bond donors (Lipinski definition) is 3. The molecule has 0 amide bonds. The highest BCUT2D eigenvalue weighted by molar-refractivity contribution is 7.47. The summed E-state index contributed by atoms with van der Waals surface area (Å²) in [4.78, 5) is 46.0. The molecule has 0 spiro atoms. The van der Waals surface area contributed by atoms with Crippen molar-refractivity contribution in [1.29, 1.82) is 0 Å². The van der Waals surface area contributed by atoms with Crippen LogP contribution in [0, 0.1) is 0 Å². The Morgan fingerprint density at radius 2 is 0.800 bits per heavy atom. The molecule has 0 aromatic carbocycles. The number of carbonyl (C=O) groups excluding carboxylic acids is 2. The molecule has 0 radical (unpaired) electrons. The maximum atomic E-state index is 12.6. The maximum absolute atomic E-state index is 12.6. The molecule has 326 valence electrons. The number of carbonyl (C=O) groups is 3. The van der Waals surface area contributed by atoms with E-state index in [0.717, 1.165) is 38.5 Å². The van der Waals surface area contributed by atoms with Gasteiger partial charge in [0, 0.05) is 12.8 Å².